The standard InChI is InChI=1S/C19H22FN5OS/c1-18(2,26)15-14(20)8-22-17(23-15)25-9-13-10-27-16(21)24-19(13,11-25)12-6-4-3-5-7-12/h3-8,13,26H,9-11H2,1-2H3,(H2,21,24)/t13-,19?/m0/s1. The lowest BCUT2D eigenvalue weighted by Gasteiger charge is -2.34. The first-order chi connectivity index (χ1) is 12.8. The largest absolute Gasteiger partial charge is 0.384 e. The number of nitrogens with zero attached hydrogens (tertiary/aromatic N) is 4. The zero-order valence-corrected chi connectivity index (χ0v) is 16.1. The SMILES string of the molecule is CC(C)(O)c1nc(N2C[C@H]3CSC(N)=NC3(c3ccccc3)C2)ncc1F. The molecule has 3 heterocycles. The molecular formula is C19H22FN5OS. The monoisotopic (exact) mass is 387 g/mol. The van der Waals surface area contributed by atoms with Gasteiger partial charge in [-0.3, -0.25) is 0 Å². The van der Waals surface area contributed by atoms with E-state index >= 15 is 0 Å². The van der Waals surface area contributed by atoms with Gasteiger partial charge in [0.2, 0.25) is 5.95 Å². The van der Waals surface area contributed by atoms with Gasteiger partial charge in [0, 0.05) is 18.2 Å². The van der Waals surface area contributed by atoms with E-state index in [2.05, 4.69) is 22.1 Å². The average molecular weight is 387 g/mol. The van der Waals surface area contributed by atoms with Gasteiger partial charge in [-0.1, -0.05) is 42.1 Å². The maximum Gasteiger partial charge on any atom is 0.225 e. The van der Waals surface area contributed by atoms with E-state index in [4.69, 9.17) is 10.7 Å². The number of benzene rings is 1. The molecule has 1 aromatic heterocycles. The van der Waals surface area contributed by atoms with Crippen molar-refractivity contribution in [1.82, 2.24) is 9.97 Å². The Kier molecular flexibility index (Phi) is 4.35. The van der Waals surface area contributed by atoms with Crippen molar-refractivity contribution in [3.05, 3.63) is 53.6 Å². The number of thioether (sulfide) groups is 1. The van der Waals surface area contributed by atoms with Crippen molar-refractivity contribution in [2.45, 2.75) is 25.0 Å². The van der Waals surface area contributed by atoms with Crippen LogP contribution in [0.3, 0.4) is 0 Å². The van der Waals surface area contributed by atoms with Crippen molar-refractivity contribution in [3.8, 4) is 0 Å². The van der Waals surface area contributed by atoms with Crippen molar-refractivity contribution >= 4 is 22.9 Å². The smallest absolute Gasteiger partial charge is 0.225 e. The van der Waals surface area contributed by atoms with Gasteiger partial charge in [-0.15, -0.1) is 0 Å². The minimum atomic E-state index is -1.39. The number of rotatable bonds is 3. The average Bonchev–Trinajstić information content (AvgIpc) is 3.02. The maximum atomic E-state index is 14.1. The molecule has 0 spiro atoms. The van der Waals surface area contributed by atoms with Gasteiger partial charge >= 0.3 is 0 Å². The van der Waals surface area contributed by atoms with Crippen LogP contribution in [0.25, 0.3) is 0 Å². The fraction of sp³-hybridized carbons (Fsp3) is 0.421. The second kappa shape index (κ2) is 6.45. The van der Waals surface area contributed by atoms with Crippen LogP contribution in [0.15, 0.2) is 41.5 Å². The Hall–Kier alpha value is -2.19. The molecule has 1 unspecified atom stereocenters. The second-order valence-corrected chi connectivity index (χ2v) is 8.59. The van der Waals surface area contributed by atoms with Gasteiger partial charge in [-0.2, -0.15) is 0 Å². The summed E-state index contributed by atoms with van der Waals surface area (Å²) in [4.78, 5) is 15.4. The Morgan fingerprint density at radius 2 is 2.07 bits per heavy atom. The molecule has 8 heteroatoms. The van der Waals surface area contributed by atoms with Crippen molar-refractivity contribution < 1.29 is 9.50 Å². The van der Waals surface area contributed by atoms with E-state index < -0.39 is 17.0 Å². The predicted octanol–water partition coefficient (Wildman–Crippen LogP) is 2.24. The third-order valence-corrected chi connectivity index (χ3v) is 6.11. The van der Waals surface area contributed by atoms with E-state index in [0.717, 1.165) is 17.5 Å². The molecule has 2 aliphatic rings. The summed E-state index contributed by atoms with van der Waals surface area (Å²) in [5.41, 5.74) is 5.32. The highest BCUT2D eigenvalue weighted by molar-refractivity contribution is 8.13. The van der Waals surface area contributed by atoms with Crippen LogP contribution in [0.5, 0.6) is 0 Å². The van der Waals surface area contributed by atoms with Crippen LogP contribution in [0.1, 0.15) is 25.1 Å². The third-order valence-electron chi connectivity index (χ3n) is 5.16. The summed E-state index contributed by atoms with van der Waals surface area (Å²) in [6.07, 6.45) is 1.12. The second-order valence-electron chi connectivity index (χ2n) is 7.55. The van der Waals surface area contributed by atoms with E-state index in [0.29, 0.717) is 24.2 Å². The molecule has 1 aromatic carbocycles. The van der Waals surface area contributed by atoms with Crippen molar-refractivity contribution in [3.63, 3.8) is 0 Å². The van der Waals surface area contributed by atoms with Gasteiger partial charge in [0.1, 0.15) is 16.8 Å². The highest BCUT2D eigenvalue weighted by atomic mass is 32.2. The van der Waals surface area contributed by atoms with Crippen LogP contribution in [-0.4, -0.2) is 39.1 Å². The number of aromatic nitrogens is 2. The molecule has 6 nitrogen and oxygen atoms in total. The van der Waals surface area contributed by atoms with E-state index in [9.17, 15) is 9.50 Å². The number of amidine groups is 1. The summed E-state index contributed by atoms with van der Waals surface area (Å²) in [5, 5.41) is 10.8. The first-order valence-electron chi connectivity index (χ1n) is 8.83. The van der Waals surface area contributed by atoms with Gasteiger partial charge in [-0.25, -0.2) is 19.4 Å². The number of halogens is 1. The van der Waals surface area contributed by atoms with E-state index in [-0.39, 0.29) is 11.6 Å². The zero-order valence-electron chi connectivity index (χ0n) is 15.3. The molecule has 2 atom stereocenters. The highest BCUT2D eigenvalue weighted by Crippen LogP contribution is 2.46. The Balaban J connectivity index is 1.75. The lowest BCUT2D eigenvalue weighted by molar-refractivity contribution is 0.0693. The number of nitrogens with two attached hydrogens (primary N) is 1. The molecule has 1 fully saturated rings. The van der Waals surface area contributed by atoms with Gasteiger partial charge in [0.05, 0.1) is 12.7 Å². The maximum absolute atomic E-state index is 14.1. The molecule has 1 saturated heterocycles. The molecule has 2 aromatic rings. The number of hydrogen-bond donors (Lipinski definition) is 2. The van der Waals surface area contributed by atoms with Crippen LogP contribution in [0.2, 0.25) is 0 Å². The molecule has 3 N–H and O–H groups in total. The Morgan fingerprint density at radius 1 is 1.33 bits per heavy atom. The van der Waals surface area contributed by atoms with Crippen LogP contribution in [0, 0.1) is 11.7 Å². The zero-order chi connectivity index (χ0) is 19.2. The Morgan fingerprint density at radius 3 is 2.78 bits per heavy atom. The summed E-state index contributed by atoms with van der Waals surface area (Å²) in [6, 6.07) is 10.1. The highest BCUT2D eigenvalue weighted by Gasteiger charge is 2.50. The lowest BCUT2D eigenvalue weighted by Crippen LogP contribution is -2.40. The third kappa shape index (κ3) is 3.17. The summed E-state index contributed by atoms with van der Waals surface area (Å²) in [7, 11) is 0. The normalized spacial score (nSPS) is 25.3. The Labute approximate surface area is 161 Å². The first kappa shape index (κ1) is 18.2. The molecule has 142 valence electrons. The van der Waals surface area contributed by atoms with Crippen molar-refractivity contribution in [1.29, 1.82) is 0 Å². The summed E-state index contributed by atoms with van der Waals surface area (Å²) >= 11 is 1.56. The lowest BCUT2D eigenvalue weighted by atomic mass is 9.82. The summed E-state index contributed by atoms with van der Waals surface area (Å²) < 4.78 is 14.1. The molecule has 0 radical (unpaired) electrons. The summed E-state index contributed by atoms with van der Waals surface area (Å²) in [5.74, 6) is 0.868. The molecular weight excluding hydrogens is 365 g/mol. The van der Waals surface area contributed by atoms with Crippen molar-refractivity contribution in [2.75, 3.05) is 23.7 Å². The fourth-order valence-electron chi connectivity index (χ4n) is 3.84. The molecule has 2 aliphatic heterocycles. The molecule has 0 saturated carbocycles. The molecule has 4 rings (SSSR count). The van der Waals surface area contributed by atoms with Crippen LogP contribution in [0.4, 0.5) is 10.3 Å². The topological polar surface area (TPSA) is 87.6 Å². The first-order valence-corrected chi connectivity index (χ1v) is 9.82. The molecule has 0 aliphatic carbocycles. The van der Waals surface area contributed by atoms with Gasteiger partial charge in [-0.05, 0) is 19.4 Å². The Bertz CT molecular complexity index is 885. The minimum absolute atomic E-state index is 0.00600. The number of aliphatic hydroxyl groups is 1. The van der Waals surface area contributed by atoms with E-state index in [1.54, 1.807) is 11.8 Å². The predicted molar refractivity (Wildman–Crippen MR) is 105 cm³/mol. The van der Waals surface area contributed by atoms with Crippen molar-refractivity contribution in [2.24, 2.45) is 16.6 Å². The number of fused-ring (bicyclic) bond motifs is 1. The fourth-order valence-corrected chi connectivity index (χ4v) is 4.82. The molecule has 0 bridgehead atoms. The molecule has 0 amide bonds. The minimum Gasteiger partial charge on any atom is -0.384 e. The number of anilines is 1. The van der Waals surface area contributed by atoms with Gasteiger partial charge in [0.15, 0.2) is 11.0 Å². The van der Waals surface area contributed by atoms with Gasteiger partial charge in [0.25, 0.3) is 0 Å². The number of aliphatic imine (C=N–C) groups is 1. The van der Waals surface area contributed by atoms with Gasteiger partial charge < -0.3 is 15.7 Å². The summed E-state index contributed by atoms with van der Waals surface area (Å²) in [6.45, 7) is 4.27. The van der Waals surface area contributed by atoms with Crippen LogP contribution < -0.4 is 10.6 Å². The molecule has 27 heavy (non-hydrogen) atoms. The number of hydrogen-bond acceptors (Lipinski definition) is 7. The quantitative estimate of drug-likeness (QED) is 0.840. The van der Waals surface area contributed by atoms with E-state index in [1.165, 1.54) is 13.8 Å². The van der Waals surface area contributed by atoms with Crippen LogP contribution in [-0.2, 0) is 11.1 Å². The van der Waals surface area contributed by atoms with Crippen LogP contribution >= 0.6 is 11.8 Å². The van der Waals surface area contributed by atoms with E-state index in [1.807, 2.05) is 23.1 Å².